The highest BCUT2D eigenvalue weighted by atomic mass is 16.6. The lowest BCUT2D eigenvalue weighted by atomic mass is 9.94. The summed E-state index contributed by atoms with van der Waals surface area (Å²) in [5, 5.41) is 0. The van der Waals surface area contributed by atoms with Crippen LogP contribution in [-0.4, -0.2) is 24.3 Å². The molecule has 3 rings (SSSR count). The molecule has 2 atom stereocenters. The van der Waals surface area contributed by atoms with E-state index in [2.05, 4.69) is 0 Å². The topological polar surface area (TPSA) is 87.9 Å². The number of cyclic esters (lactones) is 1. The molecule has 2 aliphatic rings. The van der Waals surface area contributed by atoms with Gasteiger partial charge in [0.05, 0.1) is 5.56 Å². The number of esters is 1. The molecule has 2 N–H and O–H groups in total. The van der Waals surface area contributed by atoms with Gasteiger partial charge in [0.25, 0.3) is 0 Å². The summed E-state index contributed by atoms with van der Waals surface area (Å²) in [7, 11) is 0. The van der Waals surface area contributed by atoms with Crippen molar-refractivity contribution in [2.24, 2.45) is 5.73 Å². The Kier molecular flexibility index (Phi) is 3.68. The van der Waals surface area contributed by atoms with Gasteiger partial charge in [-0.05, 0) is 43.9 Å². The fourth-order valence-electron chi connectivity index (χ4n) is 2.84. The summed E-state index contributed by atoms with van der Waals surface area (Å²) in [6.45, 7) is 0.275. The van der Waals surface area contributed by atoms with Crippen LogP contribution in [-0.2, 0) is 16.1 Å². The van der Waals surface area contributed by atoms with E-state index >= 15 is 0 Å². The molecule has 21 heavy (non-hydrogen) atoms. The Morgan fingerprint density at radius 2 is 2.00 bits per heavy atom. The summed E-state index contributed by atoms with van der Waals surface area (Å²) in [5.41, 5.74) is 6.50. The molecule has 0 unspecified atom stereocenters. The van der Waals surface area contributed by atoms with Gasteiger partial charge < -0.3 is 19.9 Å². The Balaban J connectivity index is 1.72. The molecule has 1 fully saturated rings. The maximum Gasteiger partial charge on any atom is 0.404 e. The van der Waals surface area contributed by atoms with E-state index in [-0.39, 0.29) is 24.8 Å². The van der Waals surface area contributed by atoms with Gasteiger partial charge in [-0.1, -0.05) is 0 Å². The lowest BCUT2D eigenvalue weighted by Crippen LogP contribution is -2.39. The molecule has 1 heterocycles. The van der Waals surface area contributed by atoms with Crippen molar-refractivity contribution in [3.63, 3.8) is 0 Å². The first-order chi connectivity index (χ1) is 10.1. The fourth-order valence-corrected chi connectivity index (χ4v) is 2.84. The monoisotopic (exact) mass is 291 g/mol. The minimum atomic E-state index is -0.775. The molecule has 1 aliphatic heterocycles. The molecule has 0 spiro atoms. The summed E-state index contributed by atoms with van der Waals surface area (Å²) in [6, 6.07) is 5.24. The van der Waals surface area contributed by atoms with Gasteiger partial charge in [-0.3, -0.25) is 0 Å². The van der Waals surface area contributed by atoms with Crippen molar-refractivity contribution in [2.75, 3.05) is 0 Å². The number of nitrogens with two attached hydrogens (primary N) is 1. The SMILES string of the molecule is NC(=O)O[C@H]1CCCC[C@@H]1Oc1ccc2c(c1)COC2=O. The molecule has 0 saturated heterocycles. The molecule has 0 aromatic heterocycles. The Hall–Kier alpha value is -2.24. The molecule has 6 nitrogen and oxygen atoms in total. The molecule has 0 bridgehead atoms. The summed E-state index contributed by atoms with van der Waals surface area (Å²) in [4.78, 5) is 22.4. The summed E-state index contributed by atoms with van der Waals surface area (Å²) in [5.74, 6) is 0.348. The number of primary amides is 1. The van der Waals surface area contributed by atoms with E-state index in [1.807, 2.05) is 0 Å². The van der Waals surface area contributed by atoms with Gasteiger partial charge in [0.1, 0.15) is 24.6 Å². The second kappa shape index (κ2) is 5.63. The predicted molar refractivity (Wildman–Crippen MR) is 72.9 cm³/mol. The van der Waals surface area contributed by atoms with E-state index in [1.165, 1.54) is 0 Å². The summed E-state index contributed by atoms with van der Waals surface area (Å²) < 4.78 is 16.0. The number of rotatable bonds is 3. The van der Waals surface area contributed by atoms with E-state index in [1.54, 1.807) is 18.2 Å². The number of hydrogen-bond donors (Lipinski definition) is 1. The summed E-state index contributed by atoms with van der Waals surface area (Å²) in [6.07, 6.45) is 2.28. The van der Waals surface area contributed by atoms with Crippen molar-refractivity contribution in [3.8, 4) is 5.75 Å². The van der Waals surface area contributed by atoms with Crippen LogP contribution >= 0.6 is 0 Å². The molecule has 6 heteroatoms. The van der Waals surface area contributed by atoms with Crippen molar-refractivity contribution in [1.82, 2.24) is 0 Å². The van der Waals surface area contributed by atoms with Crippen LogP contribution in [0.5, 0.6) is 5.75 Å². The smallest absolute Gasteiger partial charge is 0.404 e. The molecular weight excluding hydrogens is 274 g/mol. The van der Waals surface area contributed by atoms with Crippen molar-refractivity contribution in [1.29, 1.82) is 0 Å². The molecule has 1 amide bonds. The third-order valence-corrected chi connectivity index (χ3v) is 3.85. The van der Waals surface area contributed by atoms with Gasteiger partial charge in [0.2, 0.25) is 0 Å². The average Bonchev–Trinajstić information content (AvgIpc) is 2.82. The van der Waals surface area contributed by atoms with E-state index in [4.69, 9.17) is 19.9 Å². The minimum Gasteiger partial charge on any atom is -0.487 e. The number of amides is 1. The molecule has 112 valence electrons. The van der Waals surface area contributed by atoms with E-state index < -0.39 is 6.09 Å². The van der Waals surface area contributed by atoms with Gasteiger partial charge in [-0.15, -0.1) is 0 Å². The predicted octanol–water partition coefficient (Wildman–Crippen LogP) is 2.14. The zero-order valence-electron chi connectivity index (χ0n) is 11.5. The lowest BCUT2D eigenvalue weighted by molar-refractivity contribution is -0.00473. The maximum atomic E-state index is 11.4. The molecule has 1 aromatic rings. The van der Waals surface area contributed by atoms with Crippen LogP contribution in [0.25, 0.3) is 0 Å². The van der Waals surface area contributed by atoms with Crippen LogP contribution in [0.4, 0.5) is 4.79 Å². The fraction of sp³-hybridized carbons (Fsp3) is 0.467. The van der Waals surface area contributed by atoms with Crippen LogP contribution in [0.1, 0.15) is 41.6 Å². The zero-order chi connectivity index (χ0) is 14.8. The van der Waals surface area contributed by atoms with Crippen molar-refractivity contribution < 1.29 is 23.8 Å². The number of fused-ring (bicyclic) bond motifs is 1. The molecular formula is C15H17NO5. The van der Waals surface area contributed by atoms with Crippen LogP contribution in [0.2, 0.25) is 0 Å². The second-order valence-electron chi connectivity index (χ2n) is 5.31. The molecule has 0 radical (unpaired) electrons. The maximum absolute atomic E-state index is 11.4. The van der Waals surface area contributed by atoms with Gasteiger partial charge in [0, 0.05) is 5.56 Å². The Morgan fingerprint density at radius 3 is 2.76 bits per heavy atom. The Morgan fingerprint density at radius 1 is 1.24 bits per heavy atom. The number of ether oxygens (including phenoxy) is 3. The number of benzene rings is 1. The third kappa shape index (κ3) is 2.94. The van der Waals surface area contributed by atoms with Crippen LogP contribution in [0, 0.1) is 0 Å². The number of carbonyl (C=O) groups is 2. The molecule has 1 saturated carbocycles. The van der Waals surface area contributed by atoms with Crippen LogP contribution < -0.4 is 10.5 Å². The zero-order valence-corrected chi connectivity index (χ0v) is 11.5. The summed E-state index contributed by atoms with van der Waals surface area (Å²) >= 11 is 0. The van der Waals surface area contributed by atoms with Crippen molar-refractivity contribution in [2.45, 2.75) is 44.5 Å². The Labute approximate surface area is 122 Å². The highest BCUT2D eigenvalue weighted by Crippen LogP contribution is 2.29. The average molecular weight is 291 g/mol. The van der Waals surface area contributed by atoms with Gasteiger partial charge in [-0.25, -0.2) is 9.59 Å². The van der Waals surface area contributed by atoms with Crippen LogP contribution in [0.15, 0.2) is 18.2 Å². The largest absolute Gasteiger partial charge is 0.487 e. The highest BCUT2D eigenvalue weighted by molar-refractivity contribution is 5.93. The molecule has 1 aliphatic carbocycles. The van der Waals surface area contributed by atoms with Crippen molar-refractivity contribution in [3.05, 3.63) is 29.3 Å². The van der Waals surface area contributed by atoms with Gasteiger partial charge in [-0.2, -0.15) is 0 Å². The number of carbonyl (C=O) groups excluding carboxylic acids is 2. The van der Waals surface area contributed by atoms with Gasteiger partial charge in [0.15, 0.2) is 0 Å². The minimum absolute atomic E-state index is 0.206. The molecule has 1 aromatic carbocycles. The van der Waals surface area contributed by atoms with E-state index in [0.717, 1.165) is 31.2 Å². The first-order valence-electron chi connectivity index (χ1n) is 7.06. The normalized spacial score (nSPS) is 24.1. The van der Waals surface area contributed by atoms with E-state index in [9.17, 15) is 9.59 Å². The third-order valence-electron chi connectivity index (χ3n) is 3.85. The van der Waals surface area contributed by atoms with Crippen molar-refractivity contribution >= 4 is 12.1 Å². The van der Waals surface area contributed by atoms with Crippen LogP contribution in [0.3, 0.4) is 0 Å². The first kappa shape index (κ1) is 13.7. The quantitative estimate of drug-likeness (QED) is 0.862. The first-order valence-corrected chi connectivity index (χ1v) is 7.06. The lowest BCUT2D eigenvalue weighted by Gasteiger charge is -2.31. The number of hydrogen-bond acceptors (Lipinski definition) is 5. The second-order valence-corrected chi connectivity index (χ2v) is 5.31. The van der Waals surface area contributed by atoms with Gasteiger partial charge >= 0.3 is 12.1 Å². The highest BCUT2D eigenvalue weighted by Gasteiger charge is 2.30. The van der Waals surface area contributed by atoms with E-state index in [0.29, 0.717) is 11.3 Å². The Bertz CT molecular complexity index is 571. The standard InChI is InChI=1S/C15H17NO5/c16-15(18)21-13-4-2-1-3-12(13)20-10-5-6-11-9(7-10)8-19-14(11)17/h5-7,12-13H,1-4,8H2,(H2,16,18)/t12-,13-/m0/s1.